The summed E-state index contributed by atoms with van der Waals surface area (Å²) in [6.07, 6.45) is 0. The fourth-order valence-electron chi connectivity index (χ4n) is 1.81. The van der Waals surface area contributed by atoms with Crippen LogP contribution in [0.1, 0.15) is 34.0 Å². The predicted molar refractivity (Wildman–Crippen MR) is 76.6 cm³/mol. The first-order valence-electron chi connectivity index (χ1n) is 6.18. The molecule has 2 rings (SSSR count). The molecule has 0 saturated carbocycles. The van der Waals surface area contributed by atoms with Gasteiger partial charge in [0.05, 0.1) is 35.1 Å². The molecule has 0 bridgehead atoms. The number of aryl methyl sites for hydroxylation is 1. The third-order valence-corrected chi connectivity index (χ3v) is 3.71. The van der Waals surface area contributed by atoms with Gasteiger partial charge >= 0.3 is 5.97 Å². The lowest BCUT2D eigenvalue weighted by atomic mass is 10.1. The SMILES string of the molecule is COC(=O)c1cc(NC(C)c2csc(C)n2)c(F)cc1F. The Morgan fingerprint density at radius 2 is 2.10 bits per heavy atom. The number of nitrogens with one attached hydrogen (secondary N) is 1. The van der Waals surface area contributed by atoms with Crippen LogP contribution in [0.5, 0.6) is 0 Å². The zero-order valence-corrected chi connectivity index (χ0v) is 12.6. The molecule has 1 unspecified atom stereocenters. The van der Waals surface area contributed by atoms with Gasteiger partial charge in [-0.3, -0.25) is 0 Å². The molecule has 1 heterocycles. The molecule has 112 valence electrons. The Balaban J connectivity index is 2.29. The summed E-state index contributed by atoms with van der Waals surface area (Å²) in [6.45, 7) is 3.67. The number of carbonyl (C=O) groups is 1. The number of hydrogen-bond acceptors (Lipinski definition) is 5. The van der Waals surface area contributed by atoms with E-state index in [-0.39, 0.29) is 17.3 Å². The van der Waals surface area contributed by atoms with E-state index >= 15 is 0 Å². The molecule has 0 amide bonds. The van der Waals surface area contributed by atoms with E-state index < -0.39 is 17.6 Å². The fourth-order valence-corrected chi connectivity index (χ4v) is 2.52. The van der Waals surface area contributed by atoms with Crippen molar-refractivity contribution < 1.29 is 18.3 Å². The highest BCUT2D eigenvalue weighted by molar-refractivity contribution is 7.09. The Hall–Kier alpha value is -2.02. The van der Waals surface area contributed by atoms with Crippen LogP contribution in [0.3, 0.4) is 0 Å². The van der Waals surface area contributed by atoms with Crippen molar-refractivity contribution in [3.05, 3.63) is 45.4 Å². The molecule has 0 spiro atoms. The quantitative estimate of drug-likeness (QED) is 0.875. The summed E-state index contributed by atoms with van der Waals surface area (Å²) in [4.78, 5) is 15.7. The zero-order valence-electron chi connectivity index (χ0n) is 11.7. The smallest absolute Gasteiger partial charge is 0.340 e. The average molecular weight is 312 g/mol. The van der Waals surface area contributed by atoms with Gasteiger partial charge < -0.3 is 10.1 Å². The lowest BCUT2D eigenvalue weighted by Gasteiger charge is -2.15. The van der Waals surface area contributed by atoms with E-state index in [1.54, 1.807) is 6.92 Å². The first kappa shape index (κ1) is 15.4. The third-order valence-electron chi connectivity index (χ3n) is 2.91. The van der Waals surface area contributed by atoms with Crippen LogP contribution >= 0.6 is 11.3 Å². The van der Waals surface area contributed by atoms with E-state index in [1.807, 2.05) is 12.3 Å². The number of ether oxygens (including phenoxy) is 1. The van der Waals surface area contributed by atoms with E-state index in [1.165, 1.54) is 11.3 Å². The second-order valence-corrected chi connectivity index (χ2v) is 5.52. The topological polar surface area (TPSA) is 51.2 Å². The largest absolute Gasteiger partial charge is 0.465 e. The normalized spacial score (nSPS) is 12.0. The number of methoxy groups -OCH3 is 1. The van der Waals surface area contributed by atoms with Gasteiger partial charge in [0.15, 0.2) is 0 Å². The van der Waals surface area contributed by atoms with Crippen molar-refractivity contribution in [1.82, 2.24) is 4.98 Å². The lowest BCUT2D eigenvalue weighted by molar-refractivity contribution is 0.0595. The number of anilines is 1. The summed E-state index contributed by atoms with van der Waals surface area (Å²) < 4.78 is 31.8. The number of thiazole rings is 1. The summed E-state index contributed by atoms with van der Waals surface area (Å²) in [7, 11) is 1.14. The van der Waals surface area contributed by atoms with Crippen molar-refractivity contribution in [3.63, 3.8) is 0 Å². The second kappa shape index (κ2) is 6.17. The molecule has 0 radical (unpaired) electrons. The minimum atomic E-state index is -0.956. The van der Waals surface area contributed by atoms with Crippen LogP contribution in [0, 0.1) is 18.6 Å². The Morgan fingerprint density at radius 1 is 1.38 bits per heavy atom. The molecule has 2 aromatic rings. The van der Waals surface area contributed by atoms with Crippen LogP contribution in [0.25, 0.3) is 0 Å². The maximum absolute atomic E-state index is 13.8. The molecule has 0 aliphatic rings. The fraction of sp³-hybridized carbons (Fsp3) is 0.286. The Morgan fingerprint density at radius 3 is 2.67 bits per heavy atom. The molecule has 1 aromatic carbocycles. The van der Waals surface area contributed by atoms with Gasteiger partial charge in [0.1, 0.15) is 11.6 Å². The average Bonchev–Trinajstić information content (AvgIpc) is 2.87. The highest BCUT2D eigenvalue weighted by atomic mass is 32.1. The summed E-state index contributed by atoms with van der Waals surface area (Å²) in [5.74, 6) is -2.59. The number of esters is 1. The van der Waals surface area contributed by atoms with E-state index in [4.69, 9.17) is 0 Å². The molecule has 0 aliphatic carbocycles. The minimum Gasteiger partial charge on any atom is -0.465 e. The lowest BCUT2D eigenvalue weighted by Crippen LogP contribution is -2.11. The van der Waals surface area contributed by atoms with Crippen LogP contribution in [0.4, 0.5) is 14.5 Å². The van der Waals surface area contributed by atoms with E-state index in [0.717, 1.165) is 23.9 Å². The highest BCUT2D eigenvalue weighted by Crippen LogP contribution is 2.25. The zero-order chi connectivity index (χ0) is 15.6. The first-order chi connectivity index (χ1) is 9.92. The summed E-state index contributed by atoms with van der Waals surface area (Å²) >= 11 is 1.48. The number of aromatic nitrogens is 1. The molecule has 4 nitrogen and oxygen atoms in total. The van der Waals surface area contributed by atoms with E-state index in [9.17, 15) is 13.6 Å². The molecule has 21 heavy (non-hydrogen) atoms. The van der Waals surface area contributed by atoms with E-state index in [2.05, 4.69) is 15.0 Å². The number of nitrogens with zero attached hydrogens (tertiary/aromatic N) is 1. The number of rotatable bonds is 4. The summed E-state index contributed by atoms with van der Waals surface area (Å²) in [6, 6.07) is 1.49. The van der Waals surface area contributed by atoms with Crippen molar-refractivity contribution in [1.29, 1.82) is 0 Å². The van der Waals surface area contributed by atoms with Crippen LogP contribution < -0.4 is 5.32 Å². The van der Waals surface area contributed by atoms with Crippen molar-refractivity contribution >= 4 is 23.0 Å². The van der Waals surface area contributed by atoms with Gasteiger partial charge in [-0.2, -0.15) is 0 Å². The van der Waals surface area contributed by atoms with Crippen molar-refractivity contribution in [2.45, 2.75) is 19.9 Å². The molecular formula is C14H14F2N2O2S. The molecular weight excluding hydrogens is 298 g/mol. The molecule has 1 aromatic heterocycles. The van der Waals surface area contributed by atoms with Crippen molar-refractivity contribution in [2.24, 2.45) is 0 Å². The molecule has 0 fully saturated rings. The Bertz CT molecular complexity index is 673. The molecule has 1 atom stereocenters. The molecule has 0 saturated heterocycles. The maximum atomic E-state index is 13.8. The highest BCUT2D eigenvalue weighted by Gasteiger charge is 2.18. The standard InChI is InChI=1S/C14H14F2N2O2S/c1-7(13-6-21-8(2)18-13)17-12-4-9(14(19)20-3)10(15)5-11(12)16/h4-7,17H,1-3H3. The molecule has 7 heteroatoms. The maximum Gasteiger partial charge on any atom is 0.340 e. The second-order valence-electron chi connectivity index (χ2n) is 4.46. The van der Waals surface area contributed by atoms with E-state index in [0.29, 0.717) is 6.07 Å². The van der Waals surface area contributed by atoms with Crippen LogP contribution in [0.15, 0.2) is 17.5 Å². The molecule has 0 aliphatic heterocycles. The number of benzene rings is 1. The Labute approximate surface area is 124 Å². The summed E-state index contributed by atoms with van der Waals surface area (Å²) in [5, 5.41) is 5.63. The van der Waals surface area contributed by atoms with Gasteiger partial charge in [-0.1, -0.05) is 0 Å². The first-order valence-corrected chi connectivity index (χ1v) is 7.06. The van der Waals surface area contributed by atoms with Crippen LogP contribution in [0.2, 0.25) is 0 Å². The third kappa shape index (κ3) is 3.36. The monoisotopic (exact) mass is 312 g/mol. The van der Waals surface area contributed by atoms with Gasteiger partial charge in [-0.25, -0.2) is 18.6 Å². The van der Waals surface area contributed by atoms with Gasteiger partial charge in [-0.05, 0) is 19.9 Å². The number of halogens is 2. The minimum absolute atomic E-state index is 0.0231. The summed E-state index contributed by atoms with van der Waals surface area (Å²) in [5.41, 5.74) is 0.457. The number of carbonyl (C=O) groups excluding carboxylic acids is 1. The van der Waals surface area contributed by atoms with Gasteiger partial charge in [-0.15, -0.1) is 11.3 Å². The van der Waals surface area contributed by atoms with Crippen LogP contribution in [-0.4, -0.2) is 18.1 Å². The van der Waals surface area contributed by atoms with Crippen molar-refractivity contribution in [3.8, 4) is 0 Å². The number of hydrogen-bond donors (Lipinski definition) is 1. The van der Waals surface area contributed by atoms with Crippen molar-refractivity contribution in [2.75, 3.05) is 12.4 Å². The van der Waals surface area contributed by atoms with Gasteiger partial charge in [0, 0.05) is 11.4 Å². The Kier molecular flexibility index (Phi) is 4.52. The molecule has 1 N–H and O–H groups in total. The predicted octanol–water partition coefficient (Wildman–Crippen LogP) is 3.69. The van der Waals surface area contributed by atoms with Gasteiger partial charge in [0.25, 0.3) is 0 Å². The van der Waals surface area contributed by atoms with Gasteiger partial charge in [0.2, 0.25) is 0 Å². The van der Waals surface area contributed by atoms with Crippen LogP contribution in [-0.2, 0) is 4.74 Å².